The fourth-order valence-electron chi connectivity index (χ4n) is 2.96. The smallest absolute Gasteiger partial charge is 0.0243 e. The molecule has 78 valence electrons. The van der Waals surface area contributed by atoms with Crippen molar-refractivity contribution in [2.24, 2.45) is 16.7 Å². The lowest BCUT2D eigenvalue weighted by atomic mass is 9.72. The first-order valence-electron chi connectivity index (χ1n) is 5.98. The Bertz CT molecular complexity index is 169. The van der Waals surface area contributed by atoms with Crippen LogP contribution in [0.5, 0.6) is 0 Å². The summed E-state index contributed by atoms with van der Waals surface area (Å²) in [7, 11) is 0. The van der Waals surface area contributed by atoms with Crippen LogP contribution >= 0.6 is 0 Å². The third kappa shape index (κ3) is 1.92. The van der Waals surface area contributed by atoms with Crippen LogP contribution in [0, 0.1) is 16.7 Å². The maximum atomic E-state index is 2.50. The maximum absolute atomic E-state index is 2.50. The molecule has 0 aromatic rings. The fourth-order valence-corrected chi connectivity index (χ4v) is 2.96. The minimum atomic E-state index is 0.571. The van der Waals surface area contributed by atoms with Crippen LogP contribution in [0.25, 0.3) is 0 Å². The Morgan fingerprint density at radius 1 is 1.23 bits per heavy atom. The molecular formula is C13H26. The standard InChI is InChI=1S/C13H26/c1-6-8-11-10-13(11,5)12(3,4)9-7-2/h11H,6-10H2,1-5H3. The lowest BCUT2D eigenvalue weighted by Gasteiger charge is -2.33. The predicted molar refractivity (Wildman–Crippen MR) is 59.8 cm³/mol. The third-order valence-corrected chi connectivity index (χ3v) is 4.47. The topological polar surface area (TPSA) is 0 Å². The molecule has 13 heavy (non-hydrogen) atoms. The van der Waals surface area contributed by atoms with Gasteiger partial charge in [0.15, 0.2) is 0 Å². The van der Waals surface area contributed by atoms with Crippen molar-refractivity contribution in [3.8, 4) is 0 Å². The highest BCUT2D eigenvalue weighted by atomic mass is 14.6. The predicted octanol–water partition coefficient (Wildman–Crippen LogP) is 4.64. The quantitative estimate of drug-likeness (QED) is 0.581. The van der Waals surface area contributed by atoms with Crippen molar-refractivity contribution in [1.82, 2.24) is 0 Å². The van der Waals surface area contributed by atoms with Gasteiger partial charge in [-0.25, -0.2) is 0 Å². The zero-order valence-electron chi connectivity index (χ0n) is 10.1. The van der Waals surface area contributed by atoms with Crippen LogP contribution in [0.15, 0.2) is 0 Å². The van der Waals surface area contributed by atoms with E-state index < -0.39 is 0 Å². The second kappa shape index (κ2) is 3.63. The highest BCUT2D eigenvalue weighted by Crippen LogP contribution is 2.65. The molecule has 0 N–H and O–H groups in total. The van der Waals surface area contributed by atoms with Gasteiger partial charge in [-0.05, 0) is 29.6 Å². The van der Waals surface area contributed by atoms with E-state index in [1.165, 1.54) is 32.1 Å². The van der Waals surface area contributed by atoms with Crippen molar-refractivity contribution in [2.45, 2.75) is 66.7 Å². The largest absolute Gasteiger partial charge is 0.0654 e. The summed E-state index contributed by atoms with van der Waals surface area (Å²) in [4.78, 5) is 0. The van der Waals surface area contributed by atoms with Gasteiger partial charge in [0.25, 0.3) is 0 Å². The van der Waals surface area contributed by atoms with Gasteiger partial charge in [-0.2, -0.15) is 0 Å². The highest BCUT2D eigenvalue weighted by Gasteiger charge is 2.57. The van der Waals surface area contributed by atoms with E-state index in [9.17, 15) is 0 Å². The van der Waals surface area contributed by atoms with E-state index in [2.05, 4.69) is 34.6 Å². The summed E-state index contributed by atoms with van der Waals surface area (Å²) in [5.41, 5.74) is 1.24. The first kappa shape index (κ1) is 11.1. The van der Waals surface area contributed by atoms with Crippen molar-refractivity contribution >= 4 is 0 Å². The van der Waals surface area contributed by atoms with Gasteiger partial charge in [-0.15, -0.1) is 0 Å². The van der Waals surface area contributed by atoms with E-state index in [0.717, 1.165) is 5.92 Å². The summed E-state index contributed by atoms with van der Waals surface area (Å²) >= 11 is 0. The van der Waals surface area contributed by atoms with Crippen LogP contribution in [-0.4, -0.2) is 0 Å². The molecule has 0 aromatic heterocycles. The molecule has 2 atom stereocenters. The summed E-state index contributed by atoms with van der Waals surface area (Å²) < 4.78 is 0. The van der Waals surface area contributed by atoms with Gasteiger partial charge < -0.3 is 0 Å². The van der Waals surface area contributed by atoms with Crippen LogP contribution in [0.1, 0.15) is 66.7 Å². The number of hydrogen-bond acceptors (Lipinski definition) is 0. The lowest BCUT2D eigenvalue weighted by Crippen LogP contribution is -2.24. The molecule has 1 rings (SSSR count). The zero-order valence-corrected chi connectivity index (χ0v) is 10.1. The van der Waals surface area contributed by atoms with Crippen molar-refractivity contribution < 1.29 is 0 Å². The van der Waals surface area contributed by atoms with E-state index in [-0.39, 0.29) is 0 Å². The number of rotatable bonds is 5. The van der Waals surface area contributed by atoms with Crippen LogP contribution in [0.2, 0.25) is 0 Å². The minimum Gasteiger partial charge on any atom is -0.0654 e. The molecule has 0 spiro atoms. The van der Waals surface area contributed by atoms with Crippen LogP contribution in [0.3, 0.4) is 0 Å². The third-order valence-electron chi connectivity index (χ3n) is 4.47. The molecule has 0 saturated heterocycles. The maximum Gasteiger partial charge on any atom is -0.0243 e. The Balaban J connectivity index is 2.52. The Morgan fingerprint density at radius 2 is 1.85 bits per heavy atom. The molecule has 0 aromatic carbocycles. The van der Waals surface area contributed by atoms with Gasteiger partial charge >= 0.3 is 0 Å². The summed E-state index contributed by atoms with van der Waals surface area (Å²) in [6.45, 7) is 12.1. The fraction of sp³-hybridized carbons (Fsp3) is 1.00. The molecule has 0 radical (unpaired) electrons. The van der Waals surface area contributed by atoms with E-state index in [4.69, 9.17) is 0 Å². The van der Waals surface area contributed by atoms with Crippen molar-refractivity contribution in [1.29, 1.82) is 0 Å². The molecule has 0 amide bonds. The van der Waals surface area contributed by atoms with Crippen molar-refractivity contribution in [3.63, 3.8) is 0 Å². The summed E-state index contributed by atoms with van der Waals surface area (Å²) in [5, 5.41) is 0. The highest BCUT2D eigenvalue weighted by molar-refractivity contribution is 5.06. The summed E-state index contributed by atoms with van der Waals surface area (Å²) in [6, 6.07) is 0. The van der Waals surface area contributed by atoms with Gasteiger partial charge in [-0.3, -0.25) is 0 Å². The van der Waals surface area contributed by atoms with Gasteiger partial charge in [0.1, 0.15) is 0 Å². The first-order chi connectivity index (χ1) is 5.98. The second-order valence-electron chi connectivity index (χ2n) is 5.74. The Labute approximate surface area is 84.1 Å². The second-order valence-corrected chi connectivity index (χ2v) is 5.74. The van der Waals surface area contributed by atoms with Gasteiger partial charge in [-0.1, -0.05) is 53.9 Å². The molecule has 1 aliphatic rings. The molecule has 1 aliphatic carbocycles. The Kier molecular flexibility index (Phi) is 3.09. The Hall–Kier alpha value is 0. The Morgan fingerprint density at radius 3 is 2.31 bits per heavy atom. The van der Waals surface area contributed by atoms with Crippen LogP contribution in [0.4, 0.5) is 0 Å². The molecule has 0 bridgehead atoms. The molecule has 0 heteroatoms. The molecule has 2 unspecified atom stereocenters. The lowest BCUT2D eigenvalue weighted by molar-refractivity contribution is 0.166. The van der Waals surface area contributed by atoms with Crippen LogP contribution < -0.4 is 0 Å². The normalized spacial score (nSPS) is 33.5. The average Bonchev–Trinajstić information content (AvgIpc) is 2.64. The molecule has 0 heterocycles. The first-order valence-corrected chi connectivity index (χ1v) is 5.98. The van der Waals surface area contributed by atoms with E-state index in [1.807, 2.05) is 0 Å². The van der Waals surface area contributed by atoms with E-state index >= 15 is 0 Å². The van der Waals surface area contributed by atoms with E-state index in [0.29, 0.717) is 10.8 Å². The average molecular weight is 182 g/mol. The molecule has 1 saturated carbocycles. The number of hydrogen-bond donors (Lipinski definition) is 0. The van der Waals surface area contributed by atoms with Crippen molar-refractivity contribution in [3.05, 3.63) is 0 Å². The molecule has 0 aliphatic heterocycles. The van der Waals surface area contributed by atoms with Gasteiger partial charge in [0, 0.05) is 0 Å². The molecule has 0 nitrogen and oxygen atoms in total. The summed E-state index contributed by atoms with van der Waals surface area (Å²) in [6.07, 6.45) is 7.02. The van der Waals surface area contributed by atoms with E-state index in [1.54, 1.807) is 0 Å². The van der Waals surface area contributed by atoms with Gasteiger partial charge in [0.2, 0.25) is 0 Å². The zero-order chi connectivity index (χ0) is 10.1. The van der Waals surface area contributed by atoms with Crippen molar-refractivity contribution in [2.75, 3.05) is 0 Å². The van der Waals surface area contributed by atoms with Crippen LogP contribution in [-0.2, 0) is 0 Å². The minimum absolute atomic E-state index is 0.571. The monoisotopic (exact) mass is 182 g/mol. The summed E-state index contributed by atoms with van der Waals surface area (Å²) in [5.74, 6) is 1.03. The van der Waals surface area contributed by atoms with Gasteiger partial charge in [0.05, 0.1) is 0 Å². The molecule has 1 fully saturated rings. The molecular weight excluding hydrogens is 156 g/mol. The SMILES string of the molecule is CCCC1CC1(C)C(C)(C)CCC.